The van der Waals surface area contributed by atoms with Crippen molar-refractivity contribution in [2.24, 2.45) is 23.5 Å². The van der Waals surface area contributed by atoms with Crippen LogP contribution in [-0.4, -0.2) is 90.2 Å². The Kier molecular flexibility index (Phi) is 14.6. The average molecular weight is 623 g/mol. The number of ether oxygens (including phenoxy) is 1. The minimum atomic E-state index is -1.17. The van der Waals surface area contributed by atoms with Crippen LogP contribution in [0.25, 0.3) is 0 Å². The van der Waals surface area contributed by atoms with Gasteiger partial charge in [-0.2, -0.15) is 0 Å². The van der Waals surface area contributed by atoms with Crippen LogP contribution in [0.3, 0.4) is 0 Å². The zero-order chi connectivity index (χ0) is 33.0. The van der Waals surface area contributed by atoms with Crippen molar-refractivity contribution in [2.75, 3.05) is 19.7 Å². The van der Waals surface area contributed by atoms with Gasteiger partial charge in [0.2, 0.25) is 29.4 Å². The quantitative estimate of drug-likeness (QED) is 0.162. The van der Waals surface area contributed by atoms with Gasteiger partial charge in [-0.05, 0) is 50.4 Å². The maximum absolute atomic E-state index is 14.0. The third-order valence-electron chi connectivity index (χ3n) is 7.95. The number of Topliss-reactive ketones (excluding diaryl/α,β-unsaturated/α-hetero) is 1. The summed E-state index contributed by atoms with van der Waals surface area (Å²) in [5.41, 5.74) is 5.11. The van der Waals surface area contributed by atoms with Crippen LogP contribution in [0.2, 0.25) is 0 Å². The predicted molar refractivity (Wildman–Crippen MR) is 161 cm³/mol. The number of hydrogen-bond acceptors (Lipinski definition) is 8. The molecule has 0 spiro atoms. The summed E-state index contributed by atoms with van der Waals surface area (Å²) in [5.74, 6) is -4.39. The van der Waals surface area contributed by atoms with Gasteiger partial charge in [0.05, 0.1) is 19.2 Å². The van der Waals surface area contributed by atoms with Crippen molar-refractivity contribution >= 4 is 41.4 Å². The first kappa shape index (κ1) is 36.5. The number of nitrogens with zero attached hydrogens (tertiary/aromatic N) is 1. The molecule has 6 amide bonds. The van der Waals surface area contributed by atoms with Crippen molar-refractivity contribution in [1.29, 1.82) is 0 Å². The zero-order valence-corrected chi connectivity index (χ0v) is 26.6. The van der Waals surface area contributed by atoms with Gasteiger partial charge in [0.15, 0.2) is 0 Å². The molecule has 1 unspecified atom stereocenters. The van der Waals surface area contributed by atoms with E-state index in [-0.39, 0.29) is 36.7 Å². The molecule has 1 saturated heterocycles. The van der Waals surface area contributed by atoms with Gasteiger partial charge < -0.3 is 36.6 Å². The summed E-state index contributed by atoms with van der Waals surface area (Å²) in [6, 6.07) is -3.88. The normalized spacial score (nSPS) is 20.6. The molecule has 2 rings (SSSR count). The maximum Gasteiger partial charge on any atom is 0.407 e. The van der Waals surface area contributed by atoms with E-state index >= 15 is 0 Å². The number of carbonyl (C=O) groups excluding carboxylic acids is 7. The van der Waals surface area contributed by atoms with E-state index in [0.29, 0.717) is 19.4 Å². The van der Waals surface area contributed by atoms with Crippen molar-refractivity contribution in [3.63, 3.8) is 0 Å². The van der Waals surface area contributed by atoms with Crippen LogP contribution in [0.5, 0.6) is 0 Å². The van der Waals surface area contributed by atoms with Crippen LogP contribution in [0.15, 0.2) is 0 Å². The molecule has 0 bridgehead atoms. The number of ketones is 1. The molecule has 0 aromatic heterocycles. The number of amides is 6. The lowest BCUT2D eigenvalue weighted by atomic mass is 9.83. The second-order valence-corrected chi connectivity index (χ2v) is 12.4. The highest BCUT2D eigenvalue weighted by Gasteiger charge is 2.44. The van der Waals surface area contributed by atoms with Crippen molar-refractivity contribution in [3.05, 3.63) is 0 Å². The molecule has 1 aliphatic carbocycles. The number of alkyl carbamates (subject to hydrolysis) is 1. The number of carbonyl (C=O) groups is 7. The summed E-state index contributed by atoms with van der Waals surface area (Å²) < 4.78 is 5.30. The summed E-state index contributed by atoms with van der Waals surface area (Å²) >= 11 is 0. The van der Waals surface area contributed by atoms with Crippen LogP contribution >= 0.6 is 0 Å². The molecule has 14 nitrogen and oxygen atoms in total. The van der Waals surface area contributed by atoms with E-state index in [2.05, 4.69) is 21.3 Å². The maximum atomic E-state index is 14.0. The predicted octanol–water partition coefficient (Wildman–Crippen LogP) is 0.515. The fraction of sp³-hybridized carbons (Fsp3) is 0.767. The molecule has 6 N–H and O–H groups in total. The molecule has 0 aromatic carbocycles. The molecular formula is C30H50N6O8. The van der Waals surface area contributed by atoms with E-state index < -0.39 is 66.2 Å². The van der Waals surface area contributed by atoms with Crippen molar-refractivity contribution in [2.45, 2.75) is 110 Å². The summed E-state index contributed by atoms with van der Waals surface area (Å²) in [6.45, 7) is 8.85. The molecule has 44 heavy (non-hydrogen) atoms. The Bertz CT molecular complexity index is 1060. The van der Waals surface area contributed by atoms with E-state index in [1.165, 1.54) is 11.8 Å². The number of rotatable bonds is 15. The molecule has 1 heterocycles. The number of primary amides is 1. The van der Waals surface area contributed by atoms with Crippen LogP contribution < -0.4 is 27.0 Å². The lowest BCUT2D eigenvalue weighted by Crippen LogP contribution is -2.58. The smallest absolute Gasteiger partial charge is 0.407 e. The number of nitrogens with two attached hydrogens (primary N) is 1. The average Bonchev–Trinajstić information content (AvgIpc) is 3.38. The highest BCUT2D eigenvalue weighted by Crippen LogP contribution is 2.30. The van der Waals surface area contributed by atoms with Crippen LogP contribution in [-0.2, 0) is 33.5 Å². The van der Waals surface area contributed by atoms with E-state index in [4.69, 9.17) is 10.5 Å². The molecule has 2 aliphatic rings. The Morgan fingerprint density at radius 1 is 0.955 bits per heavy atom. The van der Waals surface area contributed by atoms with Crippen LogP contribution in [0.1, 0.15) is 86.0 Å². The Morgan fingerprint density at radius 2 is 1.61 bits per heavy atom. The summed E-state index contributed by atoms with van der Waals surface area (Å²) in [6.07, 6.45) is 4.77. The zero-order valence-electron chi connectivity index (χ0n) is 26.6. The van der Waals surface area contributed by atoms with E-state index in [1.54, 1.807) is 6.92 Å². The molecule has 0 aromatic rings. The van der Waals surface area contributed by atoms with Crippen molar-refractivity contribution in [3.8, 4) is 0 Å². The van der Waals surface area contributed by atoms with Gasteiger partial charge in [-0.3, -0.25) is 28.8 Å². The molecular weight excluding hydrogens is 572 g/mol. The van der Waals surface area contributed by atoms with E-state index in [0.717, 1.165) is 32.1 Å². The lowest BCUT2D eigenvalue weighted by Gasteiger charge is -2.34. The van der Waals surface area contributed by atoms with Gasteiger partial charge in [0.1, 0.15) is 18.1 Å². The van der Waals surface area contributed by atoms with Gasteiger partial charge in [0, 0.05) is 6.54 Å². The summed E-state index contributed by atoms with van der Waals surface area (Å²) in [7, 11) is 0. The lowest BCUT2D eigenvalue weighted by molar-refractivity contribution is -0.143. The molecule has 248 valence electrons. The first-order valence-electron chi connectivity index (χ1n) is 15.7. The van der Waals surface area contributed by atoms with Crippen LogP contribution in [0.4, 0.5) is 4.79 Å². The second-order valence-electron chi connectivity index (χ2n) is 12.4. The van der Waals surface area contributed by atoms with Gasteiger partial charge in [-0.25, -0.2) is 4.79 Å². The molecule has 0 radical (unpaired) electrons. The number of nitrogens with one attached hydrogen (secondary N) is 4. The summed E-state index contributed by atoms with van der Waals surface area (Å²) in [4.78, 5) is 90.3. The third-order valence-corrected chi connectivity index (χ3v) is 7.95. The second kappa shape index (κ2) is 17.6. The molecule has 1 saturated carbocycles. The van der Waals surface area contributed by atoms with Crippen LogP contribution in [0, 0.1) is 17.8 Å². The highest BCUT2D eigenvalue weighted by molar-refractivity contribution is 6.38. The third kappa shape index (κ3) is 11.1. The van der Waals surface area contributed by atoms with Crippen molar-refractivity contribution < 1.29 is 38.3 Å². The monoisotopic (exact) mass is 622 g/mol. The van der Waals surface area contributed by atoms with Gasteiger partial charge >= 0.3 is 6.09 Å². The largest absolute Gasteiger partial charge is 0.449 e. The summed E-state index contributed by atoms with van der Waals surface area (Å²) in [5, 5.41) is 9.94. The standard InChI is InChI=1S/C30H50N6O8/c1-6-10-21(25(38)28(41)32-14-23(37)33-19(5)26(31)39)34-27(40)22-13-18(4)15-36(22)29(42)24(20-11-8-7-9-12-20)35-30(43)44-16-17(2)3/h17-22,24H,6-16H2,1-5H3,(H2,31,39)(H,32,41)(H,33,37)(H,34,40)(H,35,43)/t18-,19+,21?,22+,24+/m1/s1. The SMILES string of the molecule is CCCC(NC(=O)[C@@H]1C[C@@H](C)CN1C(=O)[C@@H](NC(=O)OCC(C)C)C1CCCCC1)C(=O)C(=O)NCC(=O)N[C@@H](C)C(N)=O. The van der Waals surface area contributed by atoms with E-state index in [1.807, 2.05) is 20.8 Å². The van der Waals surface area contributed by atoms with Crippen molar-refractivity contribution in [1.82, 2.24) is 26.2 Å². The highest BCUT2D eigenvalue weighted by atomic mass is 16.5. The minimum absolute atomic E-state index is 0.0143. The van der Waals surface area contributed by atoms with E-state index in [9.17, 15) is 33.6 Å². The number of likely N-dealkylation sites (tertiary alicyclic amines) is 1. The Balaban J connectivity index is 2.13. The fourth-order valence-corrected chi connectivity index (χ4v) is 5.57. The Labute approximate surface area is 259 Å². The number of hydrogen-bond donors (Lipinski definition) is 5. The van der Waals surface area contributed by atoms with Gasteiger partial charge in [-0.1, -0.05) is 53.4 Å². The first-order chi connectivity index (χ1) is 20.7. The van der Waals surface area contributed by atoms with Gasteiger partial charge in [-0.15, -0.1) is 0 Å². The minimum Gasteiger partial charge on any atom is -0.449 e. The molecule has 2 fully saturated rings. The first-order valence-corrected chi connectivity index (χ1v) is 15.7. The molecule has 14 heteroatoms. The Morgan fingerprint density at radius 3 is 2.20 bits per heavy atom. The van der Waals surface area contributed by atoms with Gasteiger partial charge in [0.25, 0.3) is 5.91 Å². The molecule has 1 aliphatic heterocycles. The molecule has 5 atom stereocenters. The topological polar surface area (TPSA) is 206 Å². The fourth-order valence-electron chi connectivity index (χ4n) is 5.57. The Hall–Kier alpha value is -3.71.